The van der Waals surface area contributed by atoms with E-state index >= 15 is 0 Å². The van der Waals surface area contributed by atoms with Crippen LogP contribution in [-0.2, 0) is 15.8 Å². The first-order valence-electron chi connectivity index (χ1n) is 8.59. The first kappa shape index (κ1) is 21.3. The molecule has 28 heavy (non-hydrogen) atoms. The number of ether oxygens (including phenoxy) is 1. The molecule has 150 valence electrons. The molecule has 0 heterocycles. The third-order valence-electron chi connectivity index (χ3n) is 3.69. The zero-order valence-electron chi connectivity index (χ0n) is 15.7. The summed E-state index contributed by atoms with van der Waals surface area (Å²) in [7, 11) is 0. The summed E-state index contributed by atoms with van der Waals surface area (Å²) in [6.07, 6.45) is -4.65. The van der Waals surface area contributed by atoms with Crippen LogP contribution in [-0.4, -0.2) is 24.5 Å². The molecule has 2 aromatic carbocycles. The van der Waals surface area contributed by atoms with E-state index in [1.54, 1.807) is 24.3 Å². The van der Waals surface area contributed by atoms with Gasteiger partial charge in [-0.25, -0.2) is 0 Å². The van der Waals surface area contributed by atoms with E-state index in [2.05, 4.69) is 5.32 Å². The minimum Gasteiger partial charge on any atom is -0.491 e. The zero-order chi connectivity index (χ0) is 20.9. The van der Waals surface area contributed by atoms with Crippen LogP contribution < -0.4 is 15.0 Å². The summed E-state index contributed by atoms with van der Waals surface area (Å²) in [4.78, 5) is 25.0. The fourth-order valence-electron chi connectivity index (χ4n) is 2.55. The maximum Gasteiger partial charge on any atom is 0.418 e. The van der Waals surface area contributed by atoms with Gasteiger partial charge in [0.25, 0.3) is 0 Å². The fourth-order valence-corrected chi connectivity index (χ4v) is 2.55. The molecule has 2 aromatic rings. The number of carbonyl (C=O) groups excluding carboxylic acids is 2. The lowest BCUT2D eigenvalue weighted by atomic mass is 10.1. The molecule has 0 spiro atoms. The SMILES string of the molecule is CC(=O)N(CC(=O)Nc1ccc(OC(C)C)cc1)c1ccccc1C(F)(F)F. The van der Waals surface area contributed by atoms with E-state index in [-0.39, 0.29) is 11.8 Å². The molecule has 0 aliphatic heterocycles. The topological polar surface area (TPSA) is 58.6 Å². The number of hydrogen-bond donors (Lipinski definition) is 1. The van der Waals surface area contributed by atoms with Crippen LogP contribution in [0.1, 0.15) is 26.3 Å². The minimum absolute atomic E-state index is 0.00160. The van der Waals surface area contributed by atoms with Gasteiger partial charge >= 0.3 is 6.18 Å². The molecule has 1 N–H and O–H groups in total. The molecule has 5 nitrogen and oxygen atoms in total. The van der Waals surface area contributed by atoms with Crippen LogP contribution in [0.15, 0.2) is 48.5 Å². The van der Waals surface area contributed by atoms with Gasteiger partial charge in [-0.1, -0.05) is 12.1 Å². The van der Waals surface area contributed by atoms with E-state index in [9.17, 15) is 22.8 Å². The summed E-state index contributed by atoms with van der Waals surface area (Å²) in [5.74, 6) is -0.672. The number of amides is 2. The summed E-state index contributed by atoms with van der Waals surface area (Å²) in [6.45, 7) is 4.32. The smallest absolute Gasteiger partial charge is 0.418 e. The predicted octanol–water partition coefficient (Wildman–Crippen LogP) is 4.48. The molecule has 0 unspecified atom stereocenters. The first-order chi connectivity index (χ1) is 13.1. The largest absolute Gasteiger partial charge is 0.491 e. The lowest BCUT2D eigenvalue weighted by Gasteiger charge is -2.24. The highest BCUT2D eigenvalue weighted by Crippen LogP contribution is 2.36. The van der Waals surface area contributed by atoms with E-state index in [1.165, 1.54) is 12.1 Å². The Hall–Kier alpha value is -3.03. The van der Waals surface area contributed by atoms with Crippen LogP contribution in [0.3, 0.4) is 0 Å². The third-order valence-corrected chi connectivity index (χ3v) is 3.69. The standard InChI is InChI=1S/C20H21F3N2O3/c1-13(2)28-16-10-8-15(9-11-16)24-19(27)12-25(14(3)26)18-7-5-4-6-17(18)20(21,22)23/h4-11,13H,12H2,1-3H3,(H,24,27). The van der Waals surface area contributed by atoms with Crippen LogP contribution in [0.4, 0.5) is 24.5 Å². The van der Waals surface area contributed by atoms with Gasteiger partial charge in [-0.3, -0.25) is 9.59 Å². The number of halogens is 3. The molecule has 8 heteroatoms. The van der Waals surface area contributed by atoms with Crippen LogP contribution in [0.2, 0.25) is 0 Å². The van der Waals surface area contributed by atoms with Crippen LogP contribution >= 0.6 is 0 Å². The number of benzene rings is 2. The maximum atomic E-state index is 13.2. The Morgan fingerprint density at radius 3 is 2.21 bits per heavy atom. The predicted molar refractivity (Wildman–Crippen MR) is 100 cm³/mol. The molecule has 0 aliphatic carbocycles. The maximum absolute atomic E-state index is 13.2. The Morgan fingerprint density at radius 1 is 1.07 bits per heavy atom. The molecule has 0 fully saturated rings. The van der Waals surface area contributed by atoms with Gasteiger partial charge in [0.2, 0.25) is 11.8 Å². The Labute approximate surface area is 161 Å². The van der Waals surface area contributed by atoms with Crippen LogP contribution in [0.5, 0.6) is 5.75 Å². The van der Waals surface area contributed by atoms with Crippen LogP contribution in [0.25, 0.3) is 0 Å². The molecule has 0 saturated heterocycles. The first-order valence-corrected chi connectivity index (χ1v) is 8.59. The van der Waals surface area contributed by atoms with E-state index in [1.807, 2.05) is 13.8 Å². The Morgan fingerprint density at radius 2 is 1.68 bits per heavy atom. The minimum atomic E-state index is -4.65. The second-order valence-electron chi connectivity index (χ2n) is 6.36. The van der Waals surface area contributed by atoms with Crippen molar-refractivity contribution in [3.63, 3.8) is 0 Å². The number of nitrogens with zero attached hydrogens (tertiary/aromatic N) is 1. The van der Waals surface area contributed by atoms with Crippen molar-refractivity contribution in [2.24, 2.45) is 0 Å². The molecule has 0 bridgehead atoms. The van der Waals surface area contributed by atoms with Crippen molar-refractivity contribution in [2.75, 3.05) is 16.8 Å². The molecule has 0 atom stereocenters. The number of hydrogen-bond acceptors (Lipinski definition) is 3. The summed E-state index contributed by atoms with van der Waals surface area (Å²) in [5, 5.41) is 2.57. The average Bonchev–Trinajstić information content (AvgIpc) is 2.60. The molecule has 0 saturated carbocycles. The highest BCUT2D eigenvalue weighted by Gasteiger charge is 2.35. The van der Waals surface area contributed by atoms with Crippen molar-refractivity contribution in [3.8, 4) is 5.75 Å². The third kappa shape index (κ3) is 5.73. The van der Waals surface area contributed by atoms with Gasteiger partial charge in [0.15, 0.2) is 0 Å². The molecular formula is C20H21F3N2O3. The highest BCUT2D eigenvalue weighted by atomic mass is 19.4. The van der Waals surface area contributed by atoms with Crippen molar-refractivity contribution in [2.45, 2.75) is 33.1 Å². The quantitative estimate of drug-likeness (QED) is 0.786. The van der Waals surface area contributed by atoms with Gasteiger partial charge in [-0.15, -0.1) is 0 Å². The van der Waals surface area contributed by atoms with Gasteiger partial charge in [0.05, 0.1) is 17.4 Å². The van der Waals surface area contributed by atoms with Gasteiger partial charge < -0.3 is 15.0 Å². The van der Waals surface area contributed by atoms with Gasteiger partial charge in [-0.2, -0.15) is 13.2 Å². The molecule has 2 rings (SSSR count). The van der Waals surface area contributed by atoms with Crippen molar-refractivity contribution in [3.05, 3.63) is 54.1 Å². The van der Waals surface area contributed by atoms with E-state index in [0.717, 1.165) is 24.0 Å². The average molecular weight is 394 g/mol. The van der Waals surface area contributed by atoms with Gasteiger partial charge in [0.1, 0.15) is 12.3 Å². The lowest BCUT2D eigenvalue weighted by Crippen LogP contribution is -2.37. The monoisotopic (exact) mass is 394 g/mol. The second-order valence-corrected chi connectivity index (χ2v) is 6.36. The van der Waals surface area contributed by atoms with Gasteiger partial charge in [0, 0.05) is 12.6 Å². The Bertz CT molecular complexity index is 833. The van der Waals surface area contributed by atoms with Gasteiger partial charge in [-0.05, 0) is 50.2 Å². The van der Waals surface area contributed by atoms with E-state index in [4.69, 9.17) is 4.74 Å². The summed E-state index contributed by atoms with van der Waals surface area (Å²) < 4.78 is 45.2. The zero-order valence-corrected chi connectivity index (χ0v) is 15.7. The molecule has 0 aliphatic rings. The van der Waals surface area contributed by atoms with Crippen molar-refractivity contribution in [1.29, 1.82) is 0 Å². The fraction of sp³-hybridized carbons (Fsp3) is 0.300. The van der Waals surface area contributed by atoms with Crippen molar-refractivity contribution in [1.82, 2.24) is 0 Å². The summed E-state index contributed by atoms with van der Waals surface area (Å²) >= 11 is 0. The number of nitrogens with one attached hydrogen (secondary N) is 1. The number of anilines is 2. The summed E-state index contributed by atoms with van der Waals surface area (Å²) in [5.41, 5.74) is -0.903. The highest BCUT2D eigenvalue weighted by molar-refractivity contribution is 6.02. The van der Waals surface area contributed by atoms with Crippen molar-refractivity contribution < 1.29 is 27.5 Å². The summed E-state index contributed by atoms with van der Waals surface area (Å²) in [6, 6.07) is 11.2. The number of carbonyl (C=O) groups is 2. The second kappa shape index (κ2) is 8.77. The number of para-hydroxylation sites is 1. The molecule has 0 radical (unpaired) electrons. The van der Waals surface area contributed by atoms with Crippen molar-refractivity contribution >= 4 is 23.2 Å². The Kier molecular flexibility index (Phi) is 6.66. The van der Waals surface area contributed by atoms with E-state index in [0.29, 0.717) is 11.4 Å². The number of alkyl halides is 3. The Balaban J connectivity index is 2.15. The number of rotatable bonds is 6. The molecule has 0 aromatic heterocycles. The van der Waals surface area contributed by atoms with Crippen LogP contribution in [0, 0.1) is 0 Å². The lowest BCUT2D eigenvalue weighted by molar-refractivity contribution is -0.137. The normalized spacial score (nSPS) is 11.2. The van der Waals surface area contributed by atoms with E-state index < -0.39 is 30.1 Å². The molecule has 2 amide bonds. The molecular weight excluding hydrogens is 373 g/mol.